The maximum atomic E-state index is 12.8. The molecule has 0 bridgehead atoms. The van der Waals surface area contributed by atoms with Crippen LogP contribution in [0.5, 0.6) is 0 Å². The smallest absolute Gasteiger partial charge is 0.317 e. The van der Waals surface area contributed by atoms with Crippen molar-refractivity contribution in [3.8, 4) is 0 Å². The average Bonchev–Trinajstić information content (AvgIpc) is 2.68. The van der Waals surface area contributed by atoms with E-state index < -0.39 is 11.9 Å². The van der Waals surface area contributed by atoms with Crippen molar-refractivity contribution >= 4 is 17.4 Å². The van der Waals surface area contributed by atoms with Crippen molar-refractivity contribution < 1.29 is 14.3 Å². The first-order valence-electron chi connectivity index (χ1n) is 8.67. The fourth-order valence-corrected chi connectivity index (χ4v) is 3.30. The number of hydrazine groups is 1. The Hall–Kier alpha value is -2.92. The van der Waals surface area contributed by atoms with E-state index in [1.165, 1.54) is 11.1 Å². The lowest BCUT2D eigenvalue weighted by molar-refractivity contribution is -0.151. The van der Waals surface area contributed by atoms with Gasteiger partial charge in [0.25, 0.3) is 0 Å². The van der Waals surface area contributed by atoms with Crippen LogP contribution >= 0.6 is 0 Å². The molecule has 2 atom stereocenters. The molecule has 0 saturated heterocycles. The zero-order valence-electron chi connectivity index (χ0n) is 14.7. The highest BCUT2D eigenvalue weighted by Crippen LogP contribution is 2.38. The SMILES string of the molecule is CCOC(=O)C1C(=O)C=C(N(N)c2ccccc2)CC1c1ccccc1. The summed E-state index contributed by atoms with van der Waals surface area (Å²) in [6.07, 6.45) is 1.94. The molecule has 1 aliphatic carbocycles. The van der Waals surface area contributed by atoms with E-state index in [2.05, 4.69) is 0 Å². The van der Waals surface area contributed by atoms with E-state index in [4.69, 9.17) is 10.6 Å². The van der Waals surface area contributed by atoms with Crippen LogP contribution < -0.4 is 10.9 Å². The summed E-state index contributed by atoms with van der Waals surface area (Å²) in [6, 6.07) is 19.0. The van der Waals surface area contributed by atoms with E-state index in [0.717, 1.165) is 11.3 Å². The molecule has 0 amide bonds. The fraction of sp³-hybridized carbons (Fsp3) is 0.238. The van der Waals surface area contributed by atoms with Crippen molar-refractivity contribution in [3.63, 3.8) is 0 Å². The van der Waals surface area contributed by atoms with Gasteiger partial charge in [0.05, 0.1) is 12.3 Å². The fourth-order valence-electron chi connectivity index (χ4n) is 3.30. The molecule has 0 aromatic heterocycles. The van der Waals surface area contributed by atoms with E-state index >= 15 is 0 Å². The molecule has 0 heterocycles. The van der Waals surface area contributed by atoms with Crippen molar-refractivity contribution in [2.24, 2.45) is 11.8 Å². The third kappa shape index (κ3) is 3.68. The Morgan fingerprint density at radius 3 is 2.35 bits per heavy atom. The molecule has 2 aromatic rings. The molecule has 0 spiro atoms. The number of carbonyl (C=O) groups excluding carboxylic acids is 2. The molecular weight excluding hydrogens is 328 g/mol. The molecule has 26 heavy (non-hydrogen) atoms. The van der Waals surface area contributed by atoms with Gasteiger partial charge in [0.15, 0.2) is 5.78 Å². The van der Waals surface area contributed by atoms with Gasteiger partial charge in [-0.25, -0.2) is 5.84 Å². The van der Waals surface area contributed by atoms with Crippen molar-refractivity contribution in [2.75, 3.05) is 11.6 Å². The Bertz CT molecular complexity index is 803. The zero-order valence-corrected chi connectivity index (χ0v) is 14.7. The molecule has 5 heteroatoms. The number of nitrogens with zero attached hydrogens (tertiary/aromatic N) is 1. The number of allylic oxidation sites excluding steroid dienone is 2. The molecule has 0 saturated carbocycles. The summed E-state index contributed by atoms with van der Waals surface area (Å²) in [5, 5.41) is 1.51. The predicted octanol–water partition coefficient (Wildman–Crippen LogP) is 3.19. The number of nitrogens with two attached hydrogens (primary N) is 1. The number of carbonyl (C=O) groups is 2. The van der Waals surface area contributed by atoms with Crippen LogP contribution in [0.4, 0.5) is 5.69 Å². The van der Waals surface area contributed by atoms with Crippen LogP contribution in [0.1, 0.15) is 24.8 Å². The van der Waals surface area contributed by atoms with Gasteiger partial charge in [0, 0.05) is 17.7 Å². The van der Waals surface area contributed by atoms with Crippen LogP contribution in [0.15, 0.2) is 72.4 Å². The summed E-state index contributed by atoms with van der Waals surface area (Å²) in [6.45, 7) is 1.98. The van der Waals surface area contributed by atoms with Gasteiger partial charge in [-0.05, 0) is 31.0 Å². The first-order valence-corrected chi connectivity index (χ1v) is 8.67. The second kappa shape index (κ2) is 7.97. The number of hydrogen-bond acceptors (Lipinski definition) is 5. The van der Waals surface area contributed by atoms with Gasteiger partial charge in [-0.3, -0.25) is 14.6 Å². The predicted molar refractivity (Wildman–Crippen MR) is 100 cm³/mol. The van der Waals surface area contributed by atoms with E-state index in [0.29, 0.717) is 12.1 Å². The summed E-state index contributed by atoms with van der Waals surface area (Å²) in [7, 11) is 0. The molecule has 3 rings (SSSR count). The number of ether oxygens (including phenoxy) is 1. The van der Waals surface area contributed by atoms with Crippen molar-refractivity contribution in [2.45, 2.75) is 19.3 Å². The first-order chi connectivity index (χ1) is 12.6. The highest BCUT2D eigenvalue weighted by atomic mass is 16.5. The van der Waals surface area contributed by atoms with E-state index in [-0.39, 0.29) is 18.3 Å². The zero-order chi connectivity index (χ0) is 18.5. The van der Waals surface area contributed by atoms with Gasteiger partial charge in [-0.2, -0.15) is 0 Å². The van der Waals surface area contributed by atoms with E-state index in [9.17, 15) is 9.59 Å². The van der Waals surface area contributed by atoms with Gasteiger partial charge in [0.2, 0.25) is 0 Å². The standard InChI is InChI=1S/C21H22N2O3/c1-2-26-21(25)20-18(15-9-5-3-6-10-15)13-17(14-19(20)24)23(22)16-11-7-4-8-12-16/h3-12,14,18,20H,2,13,22H2,1H3. The largest absolute Gasteiger partial charge is 0.465 e. The number of esters is 1. The van der Waals surface area contributed by atoms with Crippen LogP contribution in [0.25, 0.3) is 0 Å². The summed E-state index contributed by atoms with van der Waals surface area (Å²) in [4.78, 5) is 25.2. The Morgan fingerprint density at radius 1 is 1.12 bits per heavy atom. The lowest BCUT2D eigenvalue weighted by atomic mass is 9.76. The molecule has 2 aromatic carbocycles. The van der Waals surface area contributed by atoms with E-state index in [1.807, 2.05) is 60.7 Å². The van der Waals surface area contributed by atoms with Gasteiger partial charge < -0.3 is 4.74 Å². The molecule has 0 radical (unpaired) electrons. The third-order valence-corrected chi connectivity index (χ3v) is 4.56. The summed E-state index contributed by atoms with van der Waals surface area (Å²) in [5.74, 6) is 4.34. The van der Waals surface area contributed by atoms with Crippen LogP contribution in [0, 0.1) is 5.92 Å². The molecule has 5 nitrogen and oxygen atoms in total. The number of rotatable bonds is 5. The quantitative estimate of drug-likeness (QED) is 0.388. The second-order valence-electron chi connectivity index (χ2n) is 6.19. The second-order valence-corrected chi connectivity index (χ2v) is 6.19. The molecule has 1 aliphatic rings. The van der Waals surface area contributed by atoms with Gasteiger partial charge in [-0.1, -0.05) is 48.5 Å². The normalized spacial score (nSPS) is 19.6. The van der Waals surface area contributed by atoms with Gasteiger partial charge >= 0.3 is 5.97 Å². The lowest BCUT2D eigenvalue weighted by Gasteiger charge is -2.33. The minimum Gasteiger partial charge on any atom is -0.465 e. The Kier molecular flexibility index (Phi) is 5.49. The maximum absolute atomic E-state index is 12.8. The summed E-state index contributed by atoms with van der Waals surface area (Å²) < 4.78 is 5.15. The van der Waals surface area contributed by atoms with Crippen molar-refractivity contribution in [3.05, 3.63) is 78.0 Å². The topological polar surface area (TPSA) is 72.6 Å². The van der Waals surface area contributed by atoms with Crippen molar-refractivity contribution in [1.82, 2.24) is 0 Å². The van der Waals surface area contributed by atoms with Gasteiger partial charge in [0.1, 0.15) is 5.92 Å². The van der Waals surface area contributed by atoms with Gasteiger partial charge in [-0.15, -0.1) is 0 Å². The number of benzene rings is 2. The average molecular weight is 350 g/mol. The Morgan fingerprint density at radius 2 is 1.73 bits per heavy atom. The van der Waals surface area contributed by atoms with E-state index in [1.54, 1.807) is 6.92 Å². The molecule has 0 fully saturated rings. The highest BCUT2D eigenvalue weighted by Gasteiger charge is 2.40. The Balaban J connectivity index is 1.96. The molecule has 134 valence electrons. The first kappa shape index (κ1) is 17.9. The molecule has 2 N–H and O–H groups in total. The molecular formula is C21H22N2O3. The van der Waals surface area contributed by atoms with Crippen LogP contribution in [-0.4, -0.2) is 18.4 Å². The highest BCUT2D eigenvalue weighted by molar-refractivity contribution is 6.07. The van der Waals surface area contributed by atoms with Crippen LogP contribution in [-0.2, 0) is 14.3 Å². The molecule has 2 unspecified atom stereocenters. The number of ketones is 1. The Labute approximate surface area is 153 Å². The number of para-hydroxylation sites is 1. The van der Waals surface area contributed by atoms with Crippen LogP contribution in [0.3, 0.4) is 0 Å². The minimum absolute atomic E-state index is 0.244. The lowest BCUT2D eigenvalue weighted by Crippen LogP contribution is -2.39. The molecule has 0 aliphatic heterocycles. The summed E-state index contributed by atoms with van der Waals surface area (Å²) >= 11 is 0. The third-order valence-electron chi connectivity index (χ3n) is 4.56. The minimum atomic E-state index is -0.842. The number of hydrogen-bond donors (Lipinski definition) is 1. The van der Waals surface area contributed by atoms with Crippen molar-refractivity contribution in [1.29, 1.82) is 0 Å². The summed E-state index contributed by atoms with van der Waals surface area (Å²) in [5.41, 5.74) is 2.38. The van der Waals surface area contributed by atoms with Crippen LogP contribution in [0.2, 0.25) is 0 Å². The monoisotopic (exact) mass is 350 g/mol. The maximum Gasteiger partial charge on any atom is 0.317 e. The number of anilines is 1.